The summed E-state index contributed by atoms with van der Waals surface area (Å²) < 4.78 is 29.7. The molecule has 4 rings (SSSR count). The normalized spacial score (nSPS) is 19.8. The molecular weight excluding hydrogens is 316 g/mol. The van der Waals surface area contributed by atoms with Crippen LogP contribution in [-0.2, 0) is 12.5 Å². The molecule has 1 aromatic carbocycles. The molecule has 2 aliphatic heterocycles. The number of β-amino-alcohol motifs (C(OH)–C–C–N with tert-alkyl or cyclic N) is 1. The van der Waals surface area contributed by atoms with E-state index in [1.807, 2.05) is 0 Å². The molecule has 1 fully saturated rings. The number of halogens is 2. The maximum Gasteiger partial charge on any atom is 0.331 e. The van der Waals surface area contributed by atoms with Gasteiger partial charge >= 0.3 is 5.92 Å². The number of azo groups is 1. The van der Waals surface area contributed by atoms with Crippen molar-refractivity contribution in [1.29, 1.82) is 0 Å². The maximum absolute atomic E-state index is 14.8. The van der Waals surface area contributed by atoms with Gasteiger partial charge in [0.05, 0.1) is 11.8 Å². The number of alkyl halides is 2. The van der Waals surface area contributed by atoms with Gasteiger partial charge in [0.15, 0.2) is 11.5 Å². The summed E-state index contributed by atoms with van der Waals surface area (Å²) >= 11 is 0. The van der Waals surface area contributed by atoms with Crippen molar-refractivity contribution in [2.75, 3.05) is 18.0 Å². The monoisotopic (exact) mass is 331 g/mol. The van der Waals surface area contributed by atoms with Crippen LogP contribution in [0.25, 0.3) is 0 Å². The molecule has 1 saturated heterocycles. The molecule has 0 radical (unpaired) electrons. The van der Waals surface area contributed by atoms with Crippen LogP contribution in [-0.4, -0.2) is 34.3 Å². The number of anilines is 1. The summed E-state index contributed by atoms with van der Waals surface area (Å²) in [6.45, 7) is 1.05. The van der Waals surface area contributed by atoms with Gasteiger partial charge in [0.2, 0.25) is 5.82 Å². The van der Waals surface area contributed by atoms with Crippen LogP contribution < -0.4 is 4.90 Å². The number of nitrogens with zero attached hydrogens (tertiary/aromatic N) is 5. The van der Waals surface area contributed by atoms with Crippen molar-refractivity contribution in [2.45, 2.75) is 25.0 Å². The average molecular weight is 331 g/mol. The topological polar surface area (TPSA) is 74.0 Å². The number of rotatable bonds is 3. The molecular formula is C16H15F2N5O. The van der Waals surface area contributed by atoms with Gasteiger partial charge in [-0.1, -0.05) is 30.3 Å². The SMILES string of the molecule is O[C@H]1CCN(c2nc(C(F)(F)c3ccccc3)nc3c2N=NC3)C1. The lowest BCUT2D eigenvalue weighted by atomic mass is 10.1. The first-order valence-corrected chi connectivity index (χ1v) is 7.71. The highest BCUT2D eigenvalue weighted by atomic mass is 19.3. The van der Waals surface area contributed by atoms with Crippen LogP contribution in [0.4, 0.5) is 20.3 Å². The van der Waals surface area contributed by atoms with Crippen molar-refractivity contribution in [2.24, 2.45) is 10.2 Å². The summed E-state index contributed by atoms with van der Waals surface area (Å²) in [5.41, 5.74) is 0.660. The van der Waals surface area contributed by atoms with Crippen LogP contribution >= 0.6 is 0 Å². The maximum atomic E-state index is 14.8. The highest BCUT2D eigenvalue weighted by Crippen LogP contribution is 2.40. The van der Waals surface area contributed by atoms with E-state index >= 15 is 0 Å². The van der Waals surface area contributed by atoms with Gasteiger partial charge in [0.25, 0.3) is 0 Å². The first-order chi connectivity index (χ1) is 11.6. The van der Waals surface area contributed by atoms with E-state index in [-0.39, 0.29) is 12.1 Å². The van der Waals surface area contributed by atoms with Crippen molar-refractivity contribution in [3.8, 4) is 0 Å². The molecule has 124 valence electrons. The quantitative estimate of drug-likeness (QED) is 0.938. The van der Waals surface area contributed by atoms with Crippen molar-refractivity contribution < 1.29 is 13.9 Å². The Morgan fingerprint density at radius 1 is 1.17 bits per heavy atom. The van der Waals surface area contributed by atoms with Gasteiger partial charge in [-0.2, -0.15) is 13.9 Å². The van der Waals surface area contributed by atoms with Gasteiger partial charge in [-0.25, -0.2) is 9.97 Å². The van der Waals surface area contributed by atoms with Gasteiger partial charge in [-0.3, -0.25) is 0 Å². The molecule has 3 heterocycles. The van der Waals surface area contributed by atoms with Crippen LogP contribution in [0.5, 0.6) is 0 Å². The molecule has 2 aromatic rings. The zero-order valence-corrected chi connectivity index (χ0v) is 12.7. The molecule has 6 nitrogen and oxygen atoms in total. The third-order valence-corrected chi connectivity index (χ3v) is 4.21. The van der Waals surface area contributed by atoms with Crippen molar-refractivity contribution in [1.82, 2.24) is 9.97 Å². The molecule has 1 N–H and O–H groups in total. The second-order valence-electron chi connectivity index (χ2n) is 5.89. The van der Waals surface area contributed by atoms with E-state index in [0.717, 1.165) is 0 Å². The molecule has 1 atom stereocenters. The zero-order chi connectivity index (χ0) is 16.7. The van der Waals surface area contributed by atoms with Crippen molar-refractivity contribution in [3.63, 3.8) is 0 Å². The fourth-order valence-corrected chi connectivity index (χ4v) is 2.95. The summed E-state index contributed by atoms with van der Waals surface area (Å²) in [6, 6.07) is 7.49. The number of aliphatic hydroxyl groups is 1. The van der Waals surface area contributed by atoms with Crippen LogP contribution in [0.1, 0.15) is 23.5 Å². The van der Waals surface area contributed by atoms with Gasteiger partial charge in [-0.05, 0) is 6.42 Å². The predicted octanol–water partition coefficient (Wildman–Crippen LogP) is 2.79. The Morgan fingerprint density at radius 2 is 1.96 bits per heavy atom. The van der Waals surface area contributed by atoms with Gasteiger partial charge in [0.1, 0.15) is 6.54 Å². The Bertz CT molecular complexity index is 797. The Morgan fingerprint density at radius 3 is 2.67 bits per heavy atom. The molecule has 0 amide bonds. The summed E-state index contributed by atoms with van der Waals surface area (Å²) in [5.74, 6) is -3.55. The second kappa shape index (κ2) is 5.55. The lowest BCUT2D eigenvalue weighted by Crippen LogP contribution is -2.26. The Labute approximate surface area is 136 Å². The zero-order valence-electron chi connectivity index (χ0n) is 12.7. The number of hydrogen-bond acceptors (Lipinski definition) is 6. The molecule has 0 bridgehead atoms. The first kappa shape index (κ1) is 15.1. The number of aliphatic hydroxyl groups excluding tert-OH is 1. The summed E-state index contributed by atoms with van der Waals surface area (Å²) in [4.78, 5) is 9.89. The summed E-state index contributed by atoms with van der Waals surface area (Å²) in [7, 11) is 0. The fourth-order valence-electron chi connectivity index (χ4n) is 2.95. The first-order valence-electron chi connectivity index (χ1n) is 7.71. The Hall–Kier alpha value is -2.48. The van der Waals surface area contributed by atoms with E-state index in [1.54, 1.807) is 23.1 Å². The number of fused-ring (bicyclic) bond motifs is 1. The average Bonchev–Trinajstić information content (AvgIpc) is 3.23. The van der Waals surface area contributed by atoms with E-state index < -0.39 is 17.9 Å². The molecule has 2 aliphatic rings. The number of aromatic nitrogens is 2. The van der Waals surface area contributed by atoms with Gasteiger partial charge in [-0.15, -0.1) is 5.11 Å². The predicted molar refractivity (Wildman–Crippen MR) is 82.5 cm³/mol. The minimum absolute atomic E-state index is 0.163. The third-order valence-electron chi connectivity index (χ3n) is 4.21. The van der Waals surface area contributed by atoms with Crippen LogP contribution in [0.15, 0.2) is 40.6 Å². The molecule has 1 aromatic heterocycles. The second-order valence-corrected chi connectivity index (χ2v) is 5.89. The Balaban J connectivity index is 1.80. The smallest absolute Gasteiger partial charge is 0.331 e. The van der Waals surface area contributed by atoms with Gasteiger partial charge < -0.3 is 10.0 Å². The minimum atomic E-state index is -3.31. The van der Waals surface area contributed by atoms with Crippen LogP contribution in [0, 0.1) is 0 Å². The van der Waals surface area contributed by atoms with E-state index in [0.29, 0.717) is 36.7 Å². The largest absolute Gasteiger partial charge is 0.391 e. The van der Waals surface area contributed by atoms with E-state index in [4.69, 9.17) is 0 Å². The fraction of sp³-hybridized carbons (Fsp3) is 0.375. The van der Waals surface area contributed by atoms with Crippen LogP contribution in [0.3, 0.4) is 0 Å². The summed E-state index contributed by atoms with van der Waals surface area (Å²) in [6.07, 6.45) is 0.0763. The van der Waals surface area contributed by atoms with Gasteiger partial charge in [0, 0.05) is 18.7 Å². The molecule has 24 heavy (non-hydrogen) atoms. The summed E-state index contributed by atoms with van der Waals surface area (Å²) in [5, 5.41) is 17.6. The van der Waals surface area contributed by atoms with E-state index in [2.05, 4.69) is 20.2 Å². The van der Waals surface area contributed by atoms with Crippen LogP contribution in [0.2, 0.25) is 0 Å². The molecule has 0 aliphatic carbocycles. The molecule has 0 spiro atoms. The third kappa shape index (κ3) is 2.43. The van der Waals surface area contributed by atoms with Crippen molar-refractivity contribution >= 4 is 11.5 Å². The number of benzene rings is 1. The standard InChI is InChI=1S/C16H15F2N5O/c17-16(18,10-4-2-1-3-5-10)15-20-12-8-19-22-13(12)14(21-15)23-7-6-11(24)9-23/h1-5,11,24H,6-9H2/t11-/m0/s1. The minimum Gasteiger partial charge on any atom is -0.391 e. The molecule has 0 unspecified atom stereocenters. The van der Waals surface area contributed by atoms with E-state index in [1.165, 1.54) is 12.1 Å². The molecule has 8 heteroatoms. The highest BCUT2D eigenvalue weighted by Gasteiger charge is 2.40. The Kier molecular flexibility index (Phi) is 3.49. The molecule has 0 saturated carbocycles. The van der Waals surface area contributed by atoms with Crippen molar-refractivity contribution in [3.05, 3.63) is 47.4 Å². The number of hydrogen-bond donors (Lipinski definition) is 1. The lowest BCUT2D eigenvalue weighted by Gasteiger charge is -2.21. The lowest BCUT2D eigenvalue weighted by molar-refractivity contribution is 0.0327. The highest BCUT2D eigenvalue weighted by molar-refractivity contribution is 5.66. The van der Waals surface area contributed by atoms with E-state index in [9.17, 15) is 13.9 Å².